The van der Waals surface area contributed by atoms with Gasteiger partial charge >= 0.3 is 0 Å². The summed E-state index contributed by atoms with van der Waals surface area (Å²) in [4.78, 5) is 21.5. The van der Waals surface area contributed by atoms with Crippen LogP contribution in [0.2, 0.25) is 0 Å². The molecule has 0 bridgehead atoms. The number of carbonyl (C=O) groups is 1. The van der Waals surface area contributed by atoms with Crippen molar-refractivity contribution in [2.75, 3.05) is 36.8 Å². The van der Waals surface area contributed by atoms with Crippen molar-refractivity contribution < 1.29 is 4.79 Å². The van der Waals surface area contributed by atoms with Crippen LogP contribution in [-0.4, -0.2) is 42.0 Å². The van der Waals surface area contributed by atoms with E-state index in [1.807, 2.05) is 29.3 Å². The van der Waals surface area contributed by atoms with Crippen molar-refractivity contribution in [1.82, 2.24) is 9.88 Å². The molecule has 0 radical (unpaired) electrons. The van der Waals surface area contributed by atoms with Gasteiger partial charge in [0.2, 0.25) is 0 Å². The lowest BCUT2D eigenvalue weighted by Crippen LogP contribution is -2.48. The number of hydrogen-bond acceptors (Lipinski definition) is 5. The number of nitrogen functional groups attached to an aromatic ring is 1. The molecule has 0 unspecified atom stereocenters. The number of rotatable bonds is 2. The van der Waals surface area contributed by atoms with Gasteiger partial charge in [0.05, 0.1) is 22.4 Å². The first-order valence-corrected chi connectivity index (χ1v) is 7.82. The van der Waals surface area contributed by atoms with E-state index in [0.717, 1.165) is 42.3 Å². The van der Waals surface area contributed by atoms with Crippen LogP contribution in [0, 0.1) is 6.92 Å². The highest BCUT2D eigenvalue weighted by Crippen LogP contribution is 2.24. The Morgan fingerprint density at radius 1 is 1.29 bits per heavy atom. The third-order valence-corrected chi connectivity index (χ3v) is 4.80. The summed E-state index contributed by atoms with van der Waals surface area (Å²) in [5.74, 6) is 0.143. The number of aromatic nitrogens is 1. The van der Waals surface area contributed by atoms with Crippen molar-refractivity contribution in [2.45, 2.75) is 6.92 Å². The molecule has 1 aliphatic heterocycles. The molecule has 0 aliphatic carbocycles. The van der Waals surface area contributed by atoms with Crippen LogP contribution < -0.4 is 10.6 Å². The van der Waals surface area contributed by atoms with Crippen LogP contribution in [0.3, 0.4) is 0 Å². The normalized spacial score (nSPS) is 15.3. The molecule has 1 saturated heterocycles. The van der Waals surface area contributed by atoms with Crippen molar-refractivity contribution in [3.8, 4) is 0 Å². The lowest BCUT2D eigenvalue weighted by molar-refractivity contribution is 0.0751. The highest BCUT2D eigenvalue weighted by Gasteiger charge is 2.24. The van der Waals surface area contributed by atoms with E-state index >= 15 is 0 Å². The van der Waals surface area contributed by atoms with Gasteiger partial charge in [-0.3, -0.25) is 9.78 Å². The minimum atomic E-state index is 0.143. The molecule has 3 heterocycles. The van der Waals surface area contributed by atoms with Crippen LogP contribution in [-0.2, 0) is 0 Å². The van der Waals surface area contributed by atoms with Crippen molar-refractivity contribution in [2.24, 2.45) is 0 Å². The number of amides is 1. The molecule has 1 aliphatic rings. The summed E-state index contributed by atoms with van der Waals surface area (Å²) in [5.41, 5.74) is 8.71. The summed E-state index contributed by atoms with van der Waals surface area (Å²) in [5, 5.41) is 1.97. The maximum absolute atomic E-state index is 12.5. The smallest absolute Gasteiger partial charge is 0.264 e. The number of piperazine rings is 1. The average Bonchev–Trinajstić information content (AvgIpc) is 2.93. The summed E-state index contributed by atoms with van der Waals surface area (Å²) >= 11 is 1.52. The fourth-order valence-electron chi connectivity index (χ4n) is 2.57. The third-order valence-electron chi connectivity index (χ3n) is 3.79. The molecule has 2 aromatic heterocycles. The van der Waals surface area contributed by atoms with Gasteiger partial charge in [-0.1, -0.05) is 0 Å². The fraction of sp³-hybridized carbons (Fsp3) is 0.333. The van der Waals surface area contributed by atoms with Gasteiger partial charge in [-0.25, -0.2) is 0 Å². The predicted molar refractivity (Wildman–Crippen MR) is 85.8 cm³/mol. The van der Waals surface area contributed by atoms with E-state index in [1.54, 1.807) is 12.4 Å². The number of anilines is 2. The molecule has 21 heavy (non-hydrogen) atoms. The quantitative estimate of drug-likeness (QED) is 0.921. The second kappa shape index (κ2) is 5.73. The number of carbonyl (C=O) groups excluding carboxylic acids is 1. The maximum atomic E-state index is 12.5. The van der Waals surface area contributed by atoms with Gasteiger partial charge in [-0.05, 0) is 30.0 Å². The molecule has 1 fully saturated rings. The Morgan fingerprint density at radius 2 is 2.05 bits per heavy atom. The molecule has 3 rings (SSSR count). The van der Waals surface area contributed by atoms with E-state index in [9.17, 15) is 4.79 Å². The molecule has 110 valence electrons. The Bertz CT molecular complexity index is 647. The highest BCUT2D eigenvalue weighted by atomic mass is 32.1. The first kappa shape index (κ1) is 13.9. The van der Waals surface area contributed by atoms with Crippen LogP contribution in [0.1, 0.15) is 15.2 Å². The lowest BCUT2D eigenvalue weighted by atomic mass is 10.2. The van der Waals surface area contributed by atoms with E-state index in [2.05, 4.69) is 9.88 Å². The molecule has 2 aromatic rings. The van der Waals surface area contributed by atoms with E-state index in [1.165, 1.54) is 11.3 Å². The number of nitrogens with two attached hydrogens (primary N) is 1. The predicted octanol–water partition coefficient (Wildman–Crippen LogP) is 2.00. The third kappa shape index (κ3) is 2.71. The van der Waals surface area contributed by atoms with E-state index in [0.29, 0.717) is 5.69 Å². The molecule has 5 nitrogen and oxygen atoms in total. The van der Waals surface area contributed by atoms with E-state index < -0.39 is 0 Å². The van der Waals surface area contributed by atoms with Crippen LogP contribution in [0.15, 0.2) is 29.9 Å². The summed E-state index contributed by atoms with van der Waals surface area (Å²) in [6.45, 7) is 5.02. The minimum Gasteiger partial charge on any atom is -0.396 e. The maximum Gasteiger partial charge on any atom is 0.264 e. The monoisotopic (exact) mass is 302 g/mol. The largest absolute Gasteiger partial charge is 0.396 e. The van der Waals surface area contributed by atoms with Crippen molar-refractivity contribution >= 4 is 28.6 Å². The number of thiophene rings is 1. The van der Waals surface area contributed by atoms with E-state index in [4.69, 9.17) is 5.73 Å². The Balaban J connectivity index is 1.67. The summed E-state index contributed by atoms with van der Waals surface area (Å²) < 4.78 is 0. The second-order valence-electron chi connectivity index (χ2n) is 5.15. The van der Waals surface area contributed by atoms with E-state index in [-0.39, 0.29) is 5.91 Å². The molecule has 6 heteroatoms. The molecule has 1 amide bonds. The van der Waals surface area contributed by atoms with Gasteiger partial charge in [-0.15, -0.1) is 11.3 Å². The Labute approximate surface area is 128 Å². The van der Waals surface area contributed by atoms with Crippen LogP contribution in [0.25, 0.3) is 0 Å². The topological polar surface area (TPSA) is 62.5 Å². The Hall–Kier alpha value is -2.08. The van der Waals surface area contributed by atoms with Gasteiger partial charge in [0.15, 0.2) is 0 Å². The molecule has 0 spiro atoms. The van der Waals surface area contributed by atoms with Gasteiger partial charge in [0, 0.05) is 32.4 Å². The van der Waals surface area contributed by atoms with Gasteiger partial charge in [-0.2, -0.15) is 0 Å². The Kier molecular flexibility index (Phi) is 3.79. The summed E-state index contributed by atoms with van der Waals surface area (Å²) in [7, 11) is 0. The average molecular weight is 302 g/mol. The lowest BCUT2D eigenvalue weighted by Gasteiger charge is -2.36. The van der Waals surface area contributed by atoms with Crippen LogP contribution >= 0.6 is 11.3 Å². The summed E-state index contributed by atoms with van der Waals surface area (Å²) in [6.07, 6.45) is 3.42. The van der Waals surface area contributed by atoms with Gasteiger partial charge in [0.1, 0.15) is 0 Å². The van der Waals surface area contributed by atoms with Gasteiger partial charge < -0.3 is 15.5 Å². The van der Waals surface area contributed by atoms with Gasteiger partial charge in [0.25, 0.3) is 5.91 Å². The standard InChI is InChI=1S/C15H18N4OS/c1-11-3-9-21-14(11)15(20)19-7-5-18(6-8-19)13-2-4-17-10-12(13)16/h2-4,9-10H,5-8,16H2,1H3. The first-order chi connectivity index (χ1) is 10.2. The van der Waals surface area contributed by atoms with Crippen molar-refractivity contribution in [3.05, 3.63) is 40.3 Å². The molecule has 0 saturated carbocycles. The second-order valence-corrected chi connectivity index (χ2v) is 6.06. The Morgan fingerprint density at radius 3 is 2.67 bits per heavy atom. The summed E-state index contributed by atoms with van der Waals surface area (Å²) in [6, 6.07) is 3.92. The zero-order chi connectivity index (χ0) is 14.8. The number of nitrogens with zero attached hydrogens (tertiary/aromatic N) is 3. The molecule has 0 atom stereocenters. The highest BCUT2D eigenvalue weighted by molar-refractivity contribution is 7.12. The van der Waals surface area contributed by atoms with Crippen molar-refractivity contribution in [3.63, 3.8) is 0 Å². The number of pyridine rings is 1. The fourth-order valence-corrected chi connectivity index (χ4v) is 3.47. The zero-order valence-electron chi connectivity index (χ0n) is 12.0. The number of hydrogen-bond donors (Lipinski definition) is 1. The molecule has 0 aromatic carbocycles. The van der Waals surface area contributed by atoms with Crippen LogP contribution in [0.5, 0.6) is 0 Å². The van der Waals surface area contributed by atoms with Crippen molar-refractivity contribution in [1.29, 1.82) is 0 Å². The molecule has 2 N–H and O–H groups in total. The molecular formula is C15H18N4OS. The van der Waals surface area contributed by atoms with Crippen LogP contribution in [0.4, 0.5) is 11.4 Å². The zero-order valence-corrected chi connectivity index (χ0v) is 12.8. The number of aryl methyl sites for hydroxylation is 1. The SMILES string of the molecule is Cc1ccsc1C(=O)N1CCN(c2ccncc2N)CC1. The minimum absolute atomic E-state index is 0.143. The first-order valence-electron chi connectivity index (χ1n) is 6.94. The molecular weight excluding hydrogens is 284 g/mol.